The Balaban J connectivity index is 1.46. The molecule has 0 radical (unpaired) electrons. The minimum absolute atomic E-state index is 0.278. The van der Waals surface area contributed by atoms with Crippen LogP contribution in [0.2, 0.25) is 0 Å². The van der Waals surface area contributed by atoms with Crippen molar-refractivity contribution in [1.29, 1.82) is 5.26 Å². The molecule has 0 aliphatic carbocycles. The lowest BCUT2D eigenvalue weighted by Gasteiger charge is -2.22. The quantitative estimate of drug-likeness (QED) is 0.206. The first-order valence-electron chi connectivity index (χ1n) is 13.3. The molecule has 1 aromatic heterocycles. The van der Waals surface area contributed by atoms with E-state index in [1.165, 1.54) is 0 Å². The molecule has 0 saturated carbocycles. The minimum Gasteiger partial charge on any atom is -0.294 e. The maximum atomic E-state index is 14.0. The smallest absolute Gasteiger partial charge is 0.210 e. The van der Waals surface area contributed by atoms with Gasteiger partial charge in [-0.3, -0.25) is 4.57 Å². The molecule has 0 bridgehead atoms. The number of imidazole rings is 1. The van der Waals surface area contributed by atoms with Crippen molar-refractivity contribution < 1.29 is 8.42 Å². The second-order valence-corrected chi connectivity index (χ2v) is 12.2. The Kier molecular flexibility index (Phi) is 4.82. The summed E-state index contributed by atoms with van der Waals surface area (Å²) in [6, 6.07) is 37.4. The molecule has 0 N–H and O–H groups in total. The molecule has 0 spiro atoms. The van der Waals surface area contributed by atoms with Crippen molar-refractivity contribution in [3.63, 3.8) is 0 Å². The van der Waals surface area contributed by atoms with Crippen molar-refractivity contribution in [3.8, 4) is 34.0 Å². The third kappa shape index (κ3) is 3.21. The van der Waals surface area contributed by atoms with Crippen LogP contribution in [0.5, 0.6) is 0 Å². The van der Waals surface area contributed by atoms with Gasteiger partial charge in [-0.1, -0.05) is 72.8 Å². The Hall–Kier alpha value is -5.25. The number of aromatic nitrogens is 2. The first kappa shape index (κ1) is 23.6. The van der Waals surface area contributed by atoms with Crippen molar-refractivity contribution in [2.45, 2.75) is 16.7 Å². The molecule has 1 aliphatic rings. The zero-order valence-corrected chi connectivity index (χ0v) is 22.8. The number of sulfone groups is 1. The molecule has 5 nitrogen and oxygen atoms in total. The average Bonchev–Trinajstić information content (AvgIpc) is 3.34. The number of nitrogens with zero attached hydrogens (tertiary/aromatic N) is 3. The van der Waals surface area contributed by atoms with E-state index >= 15 is 0 Å². The van der Waals surface area contributed by atoms with Crippen LogP contribution >= 0.6 is 0 Å². The van der Waals surface area contributed by atoms with Crippen molar-refractivity contribution in [3.05, 3.63) is 121 Å². The number of para-hydroxylation sites is 1. The van der Waals surface area contributed by atoms with Gasteiger partial charge in [0.25, 0.3) is 0 Å². The second kappa shape index (κ2) is 8.37. The number of hydrogen-bond acceptors (Lipinski definition) is 4. The Labute approximate surface area is 236 Å². The highest BCUT2D eigenvalue weighted by Gasteiger charge is 2.33. The maximum absolute atomic E-state index is 14.0. The van der Waals surface area contributed by atoms with Crippen LogP contribution in [0.3, 0.4) is 0 Å². The van der Waals surface area contributed by atoms with Gasteiger partial charge in [0.15, 0.2) is 0 Å². The Bertz CT molecular complexity index is 2340. The zero-order valence-electron chi connectivity index (χ0n) is 22.0. The van der Waals surface area contributed by atoms with E-state index in [0.29, 0.717) is 22.3 Å². The van der Waals surface area contributed by atoms with Gasteiger partial charge in [-0.05, 0) is 87.1 Å². The standard InChI is InChI=1S/C35H21N3O2S/c1-21-37-29-11-6-12-31-35(29)38(21)30-18-17-24(19-32(30)41(31,39)40)34-27-9-4-2-7-25(27)33(26-8-3-5-10-28(26)34)23-15-13-22(20-36)14-16-23/h2-19H,1H3. The van der Waals surface area contributed by atoms with E-state index in [2.05, 4.69) is 35.3 Å². The fourth-order valence-electron chi connectivity index (χ4n) is 6.37. The summed E-state index contributed by atoms with van der Waals surface area (Å²) >= 11 is 0. The van der Waals surface area contributed by atoms with Crippen LogP contribution in [0.4, 0.5) is 0 Å². The highest BCUT2D eigenvalue weighted by Crippen LogP contribution is 2.46. The number of rotatable bonds is 2. The monoisotopic (exact) mass is 547 g/mol. The number of nitriles is 1. The van der Waals surface area contributed by atoms with Crippen LogP contribution in [-0.4, -0.2) is 18.0 Å². The summed E-state index contributed by atoms with van der Waals surface area (Å²) in [5.41, 5.74) is 6.46. The lowest BCUT2D eigenvalue weighted by Crippen LogP contribution is -2.15. The van der Waals surface area contributed by atoms with Gasteiger partial charge in [0, 0.05) is 0 Å². The van der Waals surface area contributed by atoms with Gasteiger partial charge in [0.2, 0.25) is 9.84 Å². The lowest BCUT2D eigenvalue weighted by atomic mass is 9.86. The third-order valence-electron chi connectivity index (χ3n) is 8.11. The summed E-state index contributed by atoms with van der Waals surface area (Å²) in [5.74, 6) is 0.749. The summed E-state index contributed by atoms with van der Waals surface area (Å²) in [6.45, 7) is 1.91. The van der Waals surface area contributed by atoms with E-state index in [1.54, 1.807) is 12.1 Å². The van der Waals surface area contributed by atoms with Crippen molar-refractivity contribution in [2.24, 2.45) is 0 Å². The fourth-order valence-corrected chi connectivity index (χ4v) is 8.04. The van der Waals surface area contributed by atoms with Gasteiger partial charge in [-0.15, -0.1) is 0 Å². The molecule has 1 aliphatic heterocycles. The first-order chi connectivity index (χ1) is 20.0. The summed E-state index contributed by atoms with van der Waals surface area (Å²) in [5, 5.41) is 13.5. The molecule has 0 unspecified atom stereocenters. The number of benzene rings is 6. The molecular formula is C35H21N3O2S. The first-order valence-corrected chi connectivity index (χ1v) is 14.8. The van der Waals surface area contributed by atoms with Crippen LogP contribution < -0.4 is 0 Å². The molecule has 2 heterocycles. The minimum atomic E-state index is -3.78. The Morgan fingerprint density at radius 3 is 1.88 bits per heavy atom. The van der Waals surface area contributed by atoms with Crippen molar-refractivity contribution in [2.75, 3.05) is 0 Å². The lowest BCUT2D eigenvalue weighted by molar-refractivity contribution is 0.594. The average molecular weight is 548 g/mol. The largest absolute Gasteiger partial charge is 0.294 e. The van der Waals surface area contributed by atoms with Crippen LogP contribution in [0, 0.1) is 18.3 Å². The second-order valence-electron chi connectivity index (χ2n) is 10.3. The number of hydrogen-bond donors (Lipinski definition) is 0. The Morgan fingerprint density at radius 1 is 0.683 bits per heavy atom. The van der Waals surface area contributed by atoms with E-state index in [9.17, 15) is 13.7 Å². The number of fused-ring (bicyclic) bond motifs is 4. The zero-order chi connectivity index (χ0) is 27.9. The summed E-state index contributed by atoms with van der Waals surface area (Å²) in [7, 11) is -3.78. The molecule has 7 aromatic rings. The molecule has 8 rings (SSSR count). The number of aryl methyl sites for hydroxylation is 1. The predicted molar refractivity (Wildman–Crippen MR) is 162 cm³/mol. The SMILES string of the molecule is Cc1nc2cccc3c2n1-c1ccc(-c2c4ccccc4c(-c4ccc(C#N)cc4)c4ccccc24)cc1S3(=O)=O. The summed E-state index contributed by atoms with van der Waals surface area (Å²) in [4.78, 5) is 5.20. The maximum Gasteiger partial charge on any atom is 0.210 e. The van der Waals surface area contributed by atoms with Crippen molar-refractivity contribution in [1.82, 2.24) is 9.55 Å². The van der Waals surface area contributed by atoms with Crippen LogP contribution in [0.15, 0.2) is 119 Å². The molecule has 6 heteroatoms. The van der Waals surface area contributed by atoms with Gasteiger partial charge in [0.1, 0.15) is 5.82 Å². The molecule has 0 atom stereocenters. The third-order valence-corrected chi connectivity index (χ3v) is 9.92. The highest BCUT2D eigenvalue weighted by atomic mass is 32.2. The van der Waals surface area contributed by atoms with Gasteiger partial charge < -0.3 is 0 Å². The topological polar surface area (TPSA) is 75.8 Å². The fraction of sp³-hybridized carbons (Fsp3) is 0.0286. The molecule has 0 amide bonds. The predicted octanol–water partition coefficient (Wildman–Crippen LogP) is 7.99. The summed E-state index contributed by atoms with van der Waals surface area (Å²) in [6.07, 6.45) is 0. The van der Waals surface area contributed by atoms with E-state index in [1.807, 2.05) is 84.3 Å². The van der Waals surface area contributed by atoms with Crippen LogP contribution in [0.25, 0.3) is 60.5 Å². The Morgan fingerprint density at radius 2 is 1.27 bits per heavy atom. The van der Waals surface area contributed by atoms with Gasteiger partial charge in [-0.2, -0.15) is 5.26 Å². The molecule has 6 aromatic carbocycles. The van der Waals surface area contributed by atoms with Gasteiger partial charge in [0.05, 0.1) is 38.1 Å². The van der Waals surface area contributed by atoms with Crippen LogP contribution in [0.1, 0.15) is 11.4 Å². The van der Waals surface area contributed by atoms with Crippen molar-refractivity contribution >= 4 is 42.4 Å². The van der Waals surface area contributed by atoms with E-state index in [-0.39, 0.29) is 9.79 Å². The molecule has 0 saturated heterocycles. The van der Waals surface area contributed by atoms with E-state index in [0.717, 1.165) is 49.6 Å². The van der Waals surface area contributed by atoms with Gasteiger partial charge in [-0.25, -0.2) is 13.4 Å². The van der Waals surface area contributed by atoms with E-state index in [4.69, 9.17) is 0 Å². The van der Waals surface area contributed by atoms with Gasteiger partial charge >= 0.3 is 0 Å². The summed E-state index contributed by atoms with van der Waals surface area (Å²) < 4.78 is 30.0. The highest BCUT2D eigenvalue weighted by molar-refractivity contribution is 7.92. The normalized spacial score (nSPS) is 13.4. The molecular weight excluding hydrogens is 526 g/mol. The molecule has 0 fully saturated rings. The molecule has 41 heavy (non-hydrogen) atoms. The van der Waals surface area contributed by atoms with Crippen LogP contribution in [-0.2, 0) is 9.84 Å². The molecule has 194 valence electrons. The van der Waals surface area contributed by atoms with E-state index < -0.39 is 9.84 Å².